The summed E-state index contributed by atoms with van der Waals surface area (Å²) in [6.45, 7) is 8.99. The Kier molecular flexibility index (Phi) is 5.87. The Hall–Kier alpha value is 1.95. The van der Waals surface area contributed by atoms with Gasteiger partial charge in [-0.05, 0) is 0 Å². The fraction of sp³-hybridized carbons (Fsp3) is 1.00. The molecular formula is C6H16Cl2HgSi2. The van der Waals surface area contributed by atoms with Crippen molar-refractivity contribution in [2.75, 3.05) is 0 Å². The Morgan fingerprint density at radius 1 is 0.909 bits per heavy atom. The van der Waals surface area contributed by atoms with Crippen molar-refractivity contribution in [3.63, 3.8) is 0 Å². The molecule has 0 saturated carbocycles. The van der Waals surface area contributed by atoms with E-state index in [-0.39, 0.29) is 0 Å². The van der Waals surface area contributed by atoms with Crippen molar-refractivity contribution < 1.29 is 24.6 Å². The van der Waals surface area contributed by atoms with Gasteiger partial charge in [0.2, 0.25) is 0 Å². The van der Waals surface area contributed by atoms with E-state index in [1.165, 1.54) is 7.11 Å². The van der Waals surface area contributed by atoms with Crippen LogP contribution in [0.15, 0.2) is 0 Å². The molecule has 0 fully saturated rings. The van der Waals surface area contributed by atoms with Crippen LogP contribution >= 0.6 is 22.2 Å². The third kappa shape index (κ3) is 11.9. The Balaban J connectivity index is 3.44. The van der Waals surface area contributed by atoms with Crippen molar-refractivity contribution in [1.29, 1.82) is 0 Å². The summed E-state index contributed by atoms with van der Waals surface area (Å²) in [6, 6.07) is 0. The van der Waals surface area contributed by atoms with Gasteiger partial charge < -0.3 is 0 Å². The van der Waals surface area contributed by atoms with Crippen LogP contribution in [-0.2, 0) is 24.6 Å². The second-order valence-corrected chi connectivity index (χ2v) is 32.7. The molecule has 0 aliphatic carbocycles. The van der Waals surface area contributed by atoms with Crippen LogP contribution in [0.4, 0.5) is 0 Å². The molecule has 0 saturated heterocycles. The first-order valence-electron chi connectivity index (χ1n) is 4.09. The van der Waals surface area contributed by atoms with E-state index in [4.69, 9.17) is 22.2 Å². The van der Waals surface area contributed by atoms with E-state index in [0.717, 1.165) is 0 Å². The van der Waals surface area contributed by atoms with E-state index in [0.29, 0.717) is 0 Å². The van der Waals surface area contributed by atoms with Gasteiger partial charge in [-0.2, -0.15) is 0 Å². The molecule has 0 aromatic rings. The van der Waals surface area contributed by atoms with E-state index < -0.39 is 39.3 Å². The zero-order valence-corrected chi connectivity index (χ0v) is 16.9. The molecule has 0 amide bonds. The summed E-state index contributed by atoms with van der Waals surface area (Å²) in [7, 11) is -2.44. The quantitative estimate of drug-likeness (QED) is 0.483. The first kappa shape index (κ1) is 12.9. The van der Waals surface area contributed by atoms with Crippen molar-refractivity contribution in [3.8, 4) is 0 Å². The van der Waals surface area contributed by atoms with Gasteiger partial charge in [0, 0.05) is 0 Å². The van der Waals surface area contributed by atoms with Gasteiger partial charge in [0.05, 0.1) is 0 Å². The molecule has 0 aromatic carbocycles. The Bertz CT molecular complexity index is 103. The molecule has 5 heteroatoms. The molecule has 64 valence electrons. The van der Waals surface area contributed by atoms with E-state index in [1.807, 2.05) is 0 Å². The molecule has 0 nitrogen and oxygen atoms in total. The maximum absolute atomic E-state index is 6.23. The molecule has 0 atom stereocenters. The van der Waals surface area contributed by atoms with Gasteiger partial charge in [-0.15, -0.1) is 0 Å². The molecule has 0 aromatic heterocycles. The van der Waals surface area contributed by atoms with Crippen molar-refractivity contribution in [2.24, 2.45) is 0 Å². The molecule has 0 aliphatic rings. The van der Waals surface area contributed by atoms with Gasteiger partial charge in [-0.1, -0.05) is 0 Å². The predicted molar refractivity (Wildman–Crippen MR) is 56.3 cm³/mol. The van der Waals surface area contributed by atoms with Crippen LogP contribution in [0.1, 0.15) is 0 Å². The molecule has 0 heterocycles. The number of rotatable bonds is 4. The average Bonchev–Trinajstić information content (AvgIpc) is 1.55. The molecule has 0 spiro atoms. The SMILES string of the molecule is C[Si](C)(Cl)[CH2][Hg][CH2][Si](C)(C)Cl. The van der Waals surface area contributed by atoms with Crippen molar-refractivity contribution in [2.45, 2.75) is 33.3 Å². The minimum absolute atomic E-state index is 0.637. The van der Waals surface area contributed by atoms with E-state index in [1.54, 1.807) is 0 Å². The Morgan fingerprint density at radius 2 is 1.18 bits per heavy atom. The molecule has 0 radical (unpaired) electrons. The van der Waals surface area contributed by atoms with Gasteiger partial charge in [0.1, 0.15) is 0 Å². The van der Waals surface area contributed by atoms with Gasteiger partial charge in [0.15, 0.2) is 0 Å². The number of hydrogen-bond acceptors (Lipinski definition) is 0. The van der Waals surface area contributed by atoms with Crippen LogP contribution in [0.3, 0.4) is 0 Å². The number of halogens is 2. The molecule has 0 bridgehead atoms. The summed E-state index contributed by atoms with van der Waals surface area (Å²) in [5.74, 6) is 0. The normalized spacial score (nSPS) is 12.9. The predicted octanol–water partition coefficient (Wildman–Crippen LogP) is 3.87. The van der Waals surface area contributed by atoms with Crippen LogP contribution in [0.5, 0.6) is 0 Å². The summed E-state index contributed by atoms with van der Waals surface area (Å²) >= 11 is 11.8. The average molecular weight is 416 g/mol. The van der Waals surface area contributed by atoms with Gasteiger partial charge in [0.25, 0.3) is 0 Å². The van der Waals surface area contributed by atoms with E-state index >= 15 is 0 Å². The summed E-state index contributed by atoms with van der Waals surface area (Å²) in [6.07, 6.45) is 0. The third-order valence-corrected chi connectivity index (χ3v) is 50.6. The van der Waals surface area contributed by atoms with Gasteiger partial charge in [-0.3, -0.25) is 0 Å². The topological polar surface area (TPSA) is 0 Å². The van der Waals surface area contributed by atoms with Crippen molar-refractivity contribution in [3.05, 3.63) is 0 Å². The second kappa shape index (κ2) is 4.99. The fourth-order valence-electron chi connectivity index (χ4n) is 0.929. The zero-order valence-electron chi connectivity index (χ0n) is 7.88. The summed E-state index contributed by atoms with van der Waals surface area (Å²) in [5.41, 5.74) is 0. The molecular weight excluding hydrogens is 400 g/mol. The summed E-state index contributed by atoms with van der Waals surface area (Å²) in [5, 5.41) is 0. The van der Waals surface area contributed by atoms with Crippen LogP contribution in [0.25, 0.3) is 0 Å². The van der Waals surface area contributed by atoms with Crippen LogP contribution < -0.4 is 0 Å². The minimum atomic E-state index is -1.22. The van der Waals surface area contributed by atoms with E-state index in [2.05, 4.69) is 26.2 Å². The van der Waals surface area contributed by atoms with E-state index in [9.17, 15) is 0 Å². The summed E-state index contributed by atoms with van der Waals surface area (Å²) < 4.78 is 2.86. The third-order valence-electron chi connectivity index (χ3n) is 1.54. The molecule has 0 aliphatic heterocycles. The van der Waals surface area contributed by atoms with Crippen molar-refractivity contribution in [1.82, 2.24) is 0 Å². The standard InChI is InChI=1S/2C3H8ClSi.Hg/c2*1-5(2,3)4;/h2*1H2,2-3H3;. The van der Waals surface area contributed by atoms with Crippen molar-refractivity contribution >= 4 is 36.9 Å². The maximum atomic E-state index is 6.23. The first-order chi connectivity index (χ1) is 4.71. The monoisotopic (exact) mass is 416 g/mol. The fourth-order valence-corrected chi connectivity index (χ4v) is 36.1. The molecule has 0 rings (SSSR count). The van der Waals surface area contributed by atoms with Gasteiger partial charge in [-0.25, -0.2) is 0 Å². The summed E-state index contributed by atoms with van der Waals surface area (Å²) in [4.78, 5) is 0. The number of hydrogen-bond donors (Lipinski definition) is 0. The molecule has 0 N–H and O–H groups in total. The molecule has 0 unspecified atom stereocenters. The first-order valence-corrected chi connectivity index (χ1v) is 20.3. The van der Waals surface area contributed by atoms with Crippen LogP contribution in [0, 0.1) is 0 Å². The zero-order chi connectivity index (χ0) is 9.12. The Labute approximate surface area is 93.9 Å². The van der Waals surface area contributed by atoms with Crippen LogP contribution in [-0.4, -0.2) is 14.8 Å². The Morgan fingerprint density at radius 3 is 1.36 bits per heavy atom. The van der Waals surface area contributed by atoms with Crippen LogP contribution in [0.2, 0.25) is 33.3 Å². The van der Waals surface area contributed by atoms with Gasteiger partial charge >= 0.3 is 94.8 Å². The second-order valence-electron chi connectivity index (χ2n) is 4.29. The molecule has 11 heavy (non-hydrogen) atoms.